The van der Waals surface area contributed by atoms with Crippen LogP contribution in [0.5, 0.6) is 0 Å². The maximum atomic E-state index is 5.22. The first-order valence-electron chi connectivity index (χ1n) is 4.52. The van der Waals surface area contributed by atoms with Crippen LogP contribution < -0.4 is 5.90 Å². The molecule has 0 aromatic rings. The Morgan fingerprint density at radius 3 is 1.53 bits per heavy atom. The maximum absolute atomic E-state index is 5.22. The smallest absolute Gasteiger partial charge is 0.0913 e. The van der Waals surface area contributed by atoms with Gasteiger partial charge in [0.1, 0.15) is 0 Å². The predicted molar refractivity (Wildman–Crippen MR) is 66.7 cm³/mol. The second kappa shape index (κ2) is 17.2. The zero-order chi connectivity index (χ0) is 10.5. The fraction of sp³-hybridized carbons (Fsp3) is 1.00. The van der Waals surface area contributed by atoms with Gasteiger partial charge in [0.2, 0.25) is 0 Å². The molecule has 0 rings (SSSR count). The van der Waals surface area contributed by atoms with E-state index in [2.05, 4.69) is 20.8 Å². The molecule has 0 aromatic heterocycles. The highest BCUT2D eigenvalue weighted by atomic mass is 79.9. The first-order chi connectivity index (χ1) is 6.91. The summed E-state index contributed by atoms with van der Waals surface area (Å²) in [5.74, 6) is 4.81. The van der Waals surface area contributed by atoms with Gasteiger partial charge in [0.25, 0.3) is 0 Å². The van der Waals surface area contributed by atoms with E-state index in [4.69, 9.17) is 20.1 Å². The molecular formula is C8H19Br2NO4. The normalized spacial score (nSPS) is 10.0. The van der Waals surface area contributed by atoms with Crippen LogP contribution in [0.3, 0.4) is 0 Å². The minimum Gasteiger partial charge on any atom is -0.378 e. The average Bonchev–Trinajstić information content (AvgIpc) is 2.21. The van der Waals surface area contributed by atoms with Crippen LogP contribution in [0.25, 0.3) is 0 Å². The number of nitrogens with two attached hydrogens (primary N) is 1. The van der Waals surface area contributed by atoms with Crippen molar-refractivity contribution in [2.24, 2.45) is 5.90 Å². The standard InChI is InChI=1S/C8H18BrNO4.BrH/c9-1-2-11-3-4-12-5-6-13-7-8-14-10;/h1-8,10H2;1H. The fourth-order valence-corrected chi connectivity index (χ4v) is 0.932. The first-order valence-corrected chi connectivity index (χ1v) is 5.65. The van der Waals surface area contributed by atoms with Crippen LogP contribution >= 0.6 is 32.9 Å². The van der Waals surface area contributed by atoms with Gasteiger partial charge in [-0.25, -0.2) is 5.90 Å². The summed E-state index contributed by atoms with van der Waals surface area (Å²) in [5, 5.41) is 0.856. The summed E-state index contributed by atoms with van der Waals surface area (Å²) in [6.07, 6.45) is 0. The molecule has 0 aliphatic carbocycles. The predicted octanol–water partition coefficient (Wildman–Crippen LogP) is 0.899. The van der Waals surface area contributed by atoms with Crippen LogP contribution in [0, 0.1) is 0 Å². The Labute approximate surface area is 109 Å². The summed E-state index contributed by atoms with van der Waals surface area (Å²) in [6.45, 7) is 3.98. The van der Waals surface area contributed by atoms with Crippen LogP contribution in [0.15, 0.2) is 0 Å². The van der Waals surface area contributed by atoms with Crippen molar-refractivity contribution in [2.45, 2.75) is 0 Å². The lowest BCUT2D eigenvalue weighted by Gasteiger charge is -2.05. The molecule has 0 saturated carbocycles. The van der Waals surface area contributed by atoms with E-state index in [9.17, 15) is 0 Å². The van der Waals surface area contributed by atoms with Crippen molar-refractivity contribution in [3.63, 3.8) is 0 Å². The Hall–Kier alpha value is 0.760. The lowest BCUT2D eigenvalue weighted by Crippen LogP contribution is -2.13. The van der Waals surface area contributed by atoms with Crippen molar-refractivity contribution in [3.8, 4) is 0 Å². The van der Waals surface area contributed by atoms with Crippen molar-refractivity contribution in [3.05, 3.63) is 0 Å². The molecule has 0 aliphatic heterocycles. The topological polar surface area (TPSA) is 62.9 Å². The molecule has 0 aliphatic rings. The highest BCUT2D eigenvalue weighted by Crippen LogP contribution is 1.83. The number of alkyl halides is 1. The molecule has 0 bridgehead atoms. The molecule has 0 aromatic carbocycles. The molecule has 0 spiro atoms. The summed E-state index contributed by atoms with van der Waals surface area (Å²) < 4.78 is 15.5. The quantitative estimate of drug-likeness (QED) is 0.340. The van der Waals surface area contributed by atoms with Crippen molar-refractivity contribution in [1.29, 1.82) is 0 Å². The third-order valence-electron chi connectivity index (χ3n) is 1.31. The number of hydrogen-bond donors (Lipinski definition) is 1. The number of ether oxygens (including phenoxy) is 3. The van der Waals surface area contributed by atoms with E-state index in [0.29, 0.717) is 46.2 Å². The number of hydrogen-bond acceptors (Lipinski definition) is 5. The zero-order valence-electron chi connectivity index (χ0n) is 8.65. The van der Waals surface area contributed by atoms with Crippen molar-refractivity contribution in [1.82, 2.24) is 0 Å². The first kappa shape index (κ1) is 18.1. The van der Waals surface area contributed by atoms with Crippen LogP contribution in [0.1, 0.15) is 0 Å². The van der Waals surface area contributed by atoms with E-state index in [0.717, 1.165) is 5.33 Å². The Bertz CT molecular complexity index is 98.6. The molecule has 7 heteroatoms. The Kier molecular flexibility index (Phi) is 20.8. The molecular weight excluding hydrogens is 334 g/mol. The molecule has 2 N–H and O–H groups in total. The molecule has 0 heterocycles. The van der Waals surface area contributed by atoms with E-state index in [1.165, 1.54) is 0 Å². The summed E-state index contributed by atoms with van der Waals surface area (Å²) >= 11 is 3.26. The van der Waals surface area contributed by atoms with Crippen molar-refractivity contribution >= 4 is 32.9 Å². The average molecular weight is 353 g/mol. The molecule has 0 saturated heterocycles. The van der Waals surface area contributed by atoms with Crippen LogP contribution in [0.2, 0.25) is 0 Å². The van der Waals surface area contributed by atoms with Gasteiger partial charge in [-0.3, -0.25) is 0 Å². The molecule has 94 valence electrons. The lowest BCUT2D eigenvalue weighted by atomic mass is 10.7. The second-order valence-electron chi connectivity index (χ2n) is 2.40. The fourth-order valence-electron chi connectivity index (χ4n) is 0.703. The van der Waals surface area contributed by atoms with Crippen LogP contribution in [-0.2, 0) is 19.0 Å². The molecule has 15 heavy (non-hydrogen) atoms. The summed E-state index contributed by atoms with van der Waals surface area (Å²) in [6, 6.07) is 0. The minimum absolute atomic E-state index is 0. The van der Waals surface area contributed by atoms with Gasteiger partial charge in [0.15, 0.2) is 0 Å². The third-order valence-corrected chi connectivity index (χ3v) is 1.63. The SMILES string of the molecule is Br.NOCCOCCOCCOCCBr. The zero-order valence-corrected chi connectivity index (χ0v) is 12.0. The molecule has 0 atom stereocenters. The molecule has 0 amide bonds. The van der Waals surface area contributed by atoms with E-state index >= 15 is 0 Å². The van der Waals surface area contributed by atoms with Gasteiger partial charge < -0.3 is 19.0 Å². The van der Waals surface area contributed by atoms with Gasteiger partial charge in [-0.15, -0.1) is 17.0 Å². The Balaban J connectivity index is 0. The number of halogens is 2. The lowest BCUT2D eigenvalue weighted by molar-refractivity contribution is -0.000399. The van der Waals surface area contributed by atoms with Gasteiger partial charge in [-0.2, -0.15) is 0 Å². The third kappa shape index (κ3) is 17.4. The molecule has 0 unspecified atom stereocenters. The Morgan fingerprint density at radius 2 is 1.13 bits per heavy atom. The van der Waals surface area contributed by atoms with Crippen LogP contribution in [0.4, 0.5) is 0 Å². The molecule has 5 nitrogen and oxygen atoms in total. The van der Waals surface area contributed by atoms with E-state index in [-0.39, 0.29) is 17.0 Å². The highest BCUT2D eigenvalue weighted by Gasteiger charge is 1.90. The highest BCUT2D eigenvalue weighted by molar-refractivity contribution is 9.09. The maximum Gasteiger partial charge on any atom is 0.0913 e. The summed E-state index contributed by atoms with van der Waals surface area (Å²) in [4.78, 5) is 4.32. The van der Waals surface area contributed by atoms with Crippen molar-refractivity contribution in [2.75, 3.05) is 51.6 Å². The summed E-state index contributed by atoms with van der Waals surface area (Å²) in [7, 11) is 0. The second-order valence-corrected chi connectivity index (χ2v) is 3.19. The van der Waals surface area contributed by atoms with Gasteiger partial charge >= 0.3 is 0 Å². The number of rotatable bonds is 11. The van der Waals surface area contributed by atoms with E-state index < -0.39 is 0 Å². The van der Waals surface area contributed by atoms with Gasteiger partial charge in [0, 0.05) is 5.33 Å². The minimum atomic E-state index is 0. The van der Waals surface area contributed by atoms with Gasteiger partial charge in [-0.1, -0.05) is 15.9 Å². The van der Waals surface area contributed by atoms with Gasteiger partial charge in [0.05, 0.1) is 46.2 Å². The van der Waals surface area contributed by atoms with Crippen molar-refractivity contribution < 1.29 is 19.0 Å². The van der Waals surface area contributed by atoms with Crippen LogP contribution in [-0.4, -0.2) is 51.6 Å². The van der Waals surface area contributed by atoms with E-state index in [1.807, 2.05) is 0 Å². The largest absolute Gasteiger partial charge is 0.378 e. The molecule has 0 fully saturated rings. The van der Waals surface area contributed by atoms with E-state index in [1.54, 1.807) is 0 Å². The van der Waals surface area contributed by atoms with Gasteiger partial charge in [-0.05, 0) is 0 Å². The molecule has 0 radical (unpaired) electrons. The monoisotopic (exact) mass is 351 g/mol. The Morgan fingerprint density at radius 1 is 0.733 bits per heavy atom. The summed E-state index contributed by atoms with van der Waals surface area (Å²) in [5.41, 5.74) is 0.